The van der Waals surface area contributed by atoms with Gasteiger partial charge in [-0.15, -0.1) is 0 Å². The van der Waals surface area contributed by atoms with Crippen LogP contribution in [0.15, 0.2) is 47.0 Å². The first-order chi connectivity index (χ1) is 17.1. The number of unbranched alkanes of at least 4 members (excludes halogenated alkanes) is 5. The van der Waals surface area contributed by atoms with Gasteiger partial charge >= 0.3 is 5.97 Å². The summed E-state index contributed by atoms with van der Waals surface area (Å²) in [5.41, 5.74) is 5.64. The van der Waals surface area contributed by atoms with Gasteiger partial charge in [0, 0.05) is 24.2 Å². The van der Waals surface area contributed by atoms with Gasteiger partial charge in [0.05, 0.1) is 0 Å². The number of hydrogen-bond donors (Lipinski definition) is 1. The van der Waals surface area contributed by atoms with Crippen molar-refractivity contribution < 1.29 is 14.4 Å². The van der Waals surface area contributed by atoms with E-state index in [1.165, 1.54) is 49.7 Å². The molecule has 0 aliphatic heterocycles. The van der Waals surface area contributed by atoms with E-state index in [-0.39, 0.29) is 6.54 Å². The SMILES string of the molecule is CCCCCCCCc1noc(-c2ccc(CN(CC(=O)O)c3cccc4c3CCCC4)cc2)n1. The summed E-state index contributed by atoms with van der Waals surface area (Å²) >= 11 is 0. The molecule has 0 fully saturated rings. The molecule has 0 bridgehead atoms. The molecule has 3 aromatic rings. The lowest BCUT2D eigenvalue weighted by Crippen LogP contribution is -2.30. The smallest absolute Gasteiger partial charge is 0.323 e. The maximum absolute atomic E-state index is 11.7. The zero-order chi connectivity index (χ0) is 24.5. The summed E-state index contributed by atoms with van der Waals surface area (Å²) < 4.78 is 5.50. The Hall–Kier alpha value is -3.15. The molecule has 0 saturated carbocycles. The maximum Gasteiger partial charge on any atom is 0.323 e. The van der Waals surface area contributed by atoms with Gasteiger partial charge in [-0.05, 0) is 67.0 Å². The number of carbonyl (C=O) groups is 1. The van der Waals surface area contributed by atoms with Gasteiger partial charge in [-0.25, -0.2) is 0 Å². The molecule has 1 aliphatic rings. The van der Waals surface area contributed by atoms with Gasteiger partial charge in [0.25, 0.3) is 5.89 Å². The summed E-state index contributed by atoms with van der Waals surface area (Å²) in [4.78, 5) is 18.2. The Balaban J connectivity index is 1.40. The van der Waals surface area contributed by atoms with Crippen LogP contribution < -0.4 is 4.90 Å². The lowest BCUT2D eigenvalue weighted by atomic mass is 9.90. The monoisotopic (exact) mass is 475 g/mol. The number of carboxylic acids is 1. The van der Waals surface area contributed by atoms with Crippen molar-refractivity contribution in [2.45, 2.75) is 84.1 Å². The third-order valence-corrected chi connectivity index (χ3v) is 6.83. The van der Waals surface area contributed by atoms with Gasteiger partial charge in [0.1, 0.15) is 6.54 Å². The summed E-state index contributed by atoms with van der Waals surface area (Å²) in [5.74, 6) is 0.483. The van der Waals surface area contributed by atoms with Crippen molar-refractivity contribution in [2.75, 3.05) is 11.4 Å². The fourth-order valence-corrected chi connectivity index (χ4v) is 4.96. The van der Waals surface area contributed by atoms with Crippen molar-refractivity contribution in [1.29, 1.82) is 0 Å². The summed E-state index contributed by atoms with van der Waals surface area (Å²) in [5, 5.41) is 13.7. The van der Waals surface area contributed by atoms with Crippen LogP contribution in [-0.2, 0) is 30.6 Å². The highest BCUT2D eigenvalue weighted by Crippen LogP contribution is 2.31. The summed E-state index contributed by atoms with van der Waals surface area (Å²) in [6, 6.07) is 14.3. The van der Waals surface area contributed by atoms with Gasteiger partial charge < -0.3 is 14.5 Å². The molecule has 35 heavy (non-hydrogen) atoms. The number of aryl methyl sites for hydroxylation is 2. The molecule has 0 saturated heterocycles. The molecule has 6 nitrogen and oxygen atoms in total. The topological polar surface area (TPSA) is 79.5 Å². The second-order valence-electron chi connectivity index (χ2n) is 9.60. The molecule has 0 spiro atoms. The van der Waals surface area contributed by atoms with Crippen molar-refractivity contribution in [2.24, 2.45) is 0 Å². The Morgan fingerprint density at radius 3 is 2.57 bits per heavy atom. The number of hydrogen-bond acceptors (Lipinski definition) is 5. The number of fused-ring (bicyclic) bond motifs is 1. The van der Waals surface area contributed by atoms with E-state index in [0.29, 0.717) is 12.4 Å². The van der Waals surface area contributed by atoms with Crippen molar-refractivity contribution in [3.8, 4) is 11.5 Å². The van der Waals surface area contributed by atoms with Crippen LogP contribution in [0, 0.1) is 0 Å². The van der Waals surface area contributed by atoms with Crippen molar-refractivity contribution in [3.63, 3.8) is 0 Å². The zero-order valence-corrected chi connectivity index (χ0v) is 20.8. The highest BCUT2D eigenvalue weighted by molar-refractivity contribution is 5.75. The van der Waals surface area contributed by atoms with E-state index < -0.39 is 5.97 Å². The average Bonchev–Trinajstić information content (AvgIpc) is 3.34. The molecular formula is C29H37N3O3. The summed E-state index contributed by atoms with van der Waals surface area (Å²) in [7, 11) is 0. The van der Waals surface area contributed by atoms with Gasteiger partial charge in [0.2, 0.25) is 0 Å². The van der Waals surface area contributed by atoms with Gasteiger partial charge in [0.15, 0.2) is 5.82 Å². The first kappa shape index (κ1) is 25.0. The molecule has 4 rings (SSSR count). The van der Waals surface area contributed by atoms with Crippen LogP contribution in [0.2, 0.25) is 0 Å². The van der Waals surface area contributed by atoms with E-state index in [1.54, 1.807) is 0 Å². The fraction of sp³-hybridized carbons (Fsp3) is 0.483. The second-order valence-corrected chi connectivity index (χ2v) is 9.60. The van der Waals surface area contributed by atoms with Gasteiger partial charge in [-0.3, -0.25) is 4.79 Å². The minimum atomic E-state index is -0.821. The maximum atomic E-state index is 11.7. The van der Waals surface area contributed by atoms with E-state index in [4.69, 9.17) is 4.52 Å². The fourth-order valence-electron chi connectivity index (χ4n) is 4.96. The third-order valence-electron chi connectivity index (χ3n) is 6.83. The number of benzene rings is 2. The normalized spacial score (nSPS) is 12.9. The Kier molecular flexibility index (Phi) is 8.93. The van der Waals surface area contributed by atoms with Gasteiger partial charge in [-0.2, -0.15) is 4.98 Å². The minimum Gasteiger partial charge on any atom is -0.480 e. The number of aromatic nitrogens is 2. The lowest BCUT2D eigenvalue weighted by molar-refractivity contribution is -0.135. The van der Waals surface area contributed by atoms with Crippen LogP contribution in [0.5, 0.6) is 0 Å². The molecule has 186 valence electrons. The van der Waals surface area contributed by atoms with Crippen molar-refractivity contribution in [1.82, 2.24) is 10.1 Å². The zero-order valence-electron chi connectivity index (χ0n) is 20.8. The van der Waals surface area contributed by atoms with E-state index in [0.717, 1.165) is 54.7 Å². The first-order valence-corrected chi connectivity index (χ1v) is 13.1. The van der Waals surface area contributed by atoms with Gasteiger partial charge in [-0.1, -0.05) is 68.4 Å². The molecule has 6 heteroatoms. The summed E-state index contributed by atoms with van der Waals surface area (Å²) in [6.45, 7) is 2.74. The molecule has 0 radical (unpaired) electrons. The molecular weight excluding hydrogens is 438 g/mol. The number of carboxylic acid groups (broad SMARTS) is 1. The Bertz CT molecular complexity index is 1090. The van der Waals surface area contributed by atoms with Crippen LogP contribution in [0.4, 0.5) is 5.69 Å². The average molecular weight is 476 g/mol. The number of nitrogens with zero attached hydrogens (tertiary/aromatic N) is 3. The second kappa shape index (κ2) is 12.5. The molecule has 1 N–H and O–H groups in total. The molecule has 1 aliphatic carbocycles. The van der Waals surface area contributed by atoms with Crippen LogP contribution in [0.3, 0.4) is 0 Å². The number of rotatable bonds is 13. The Morgan fingerprint density at radius 2 is 1.77 bits per heavy atom. The molecule has 0 atom stereocenters. The largest absolute Gasteiger partial charge is 0.480 e. The predicted octanol–water partition coefficient (Wildman–Crippen LogP) is 6.61. The number of anilines is 1. The molecule has 1 heterocycles. The molecule has 0 unspecified atom stereocenters. The van der Waals surface area contributed by atoms with Crippen molar-refractivity contribution >= 4 is 11.7 Å². The number of aliphatic carboxylic acids is 1. The van der Waals surface area contributed by atoms with Crippen LogP contribution in [-0.4, -0.2) is 27.8 Å². The highest BCUT2D eigenvalue weighted by Gasteiger charge is 2.19. The van der Waals surface area contributed by atoms with E-state index >= 15 is 0 Å². The van der Waals surface area contributed by atoms with Crippen LogP contribution in [0.25, 0.3) is 11.5 Å². The Morgan fingerprint density at radius 1 is 1.00 bits per heavy atom. The lowest BCUT2D eigenvalue weighted by Gasteiger charge is -2.29. The van der Waals surface area contributed by atoms with E-state index in [2.05, 4.69) is 35.3 Å². The van der Waals surface area contributed by atoms with Crippen LogP contribution in [0.1, 0.15) is 80.8 Å². The quantitative estimate of drug-likeness (QED) is 0.280. The molecule has 0 amide bonds. The summed E-state index contributed by atoms with van der Waals surface area (Å²) in [6.07, 6.45) is 12.7. The van der Waals surface area contributed by atoms with Crippen molar-refractivity contribution in [3.05, 3.63) is 65.0 Å². The first-order valence-electron chi connectivity index (χ1n) is 13.1. The minimum absolute atomic E-state index is 0.0241. The van der Waals surface area contributed by atoms with Crippen LogP contribution >= 0.6 is 0 Å². The predicted molar refractivity (Wildman–Crippen MR) is 139 cm³/mol. The molecule has 1 aromatic heterocycles. The molecule has 2 aromatic carbocycles. The van der Waals surface area contributed by atoms with E-state index in [1.807, 2.05) is 29.2 Å². The standard InChI is InChI=1S/C29H37N3O3/c1-2-3-4-5-6-7-15-27-30-29(35-31-27)24-18-16-22(17-19-24)20-32(21-28(33)34)26-14-10-12-23-11-8-9-13-25(23)26/h10,12,14,16-19H,2-9,11,13,15,20-21H2,1H3,(H,33,34). The Labute approximate surface area is 208 Å². The third kappa shape index (κ3) is 6.93. The highest BCUT2D eigenvalue weighted by atomic mass is 16.5. The van der Waals surface area contributed by atoms with E-state index in [9.17, 15) is 9.90 Å².